The van der Waals surface area contributed by atoms with E-state index in [1.165, 1.54) is 17.2 Å². The van der Waals surface area contributed by atoms with E-state index in [9.17, 15) is 4.79 Å². The number of benzene rings is 2. The summed E-state index contributed by atoms with van der Waals surface area (Å²) in [6.07, 6.45) is 2.23. The molecule has 0 saturated carbocycles. The average molecular weight is 437 g/mol. The predicted molar refractivity (Wildman–Crippen MR) is 133 cm³/mol. The van der Waals surface area contributed by atoms with Crippen molar-refractivity contribution >= 4 is 33.0 Å². The molecule has 3 nitrogen and oxygen atoms in total. The van der Waals surface area contributed by atoms with Crippen molar-refractivity contribution in [3.8, 4) is 16.9 Å². The van der Waals surface area contributed by atoms with Crippen LogP contribution in [0, 0.1) is 0 Å². The summed E-state index contributed by atoms with van der Waals surface area (Å²) >= 11 is 1.63. The van der Waals surface area contributed by atoms with Gasteiger partial charge in [0.05, 0.1) is 6.61 Å². The van der Waals surface area contributed by atoms with Crippen LogP contribution < -0.4 is 4.74 Å². The van der Waals surface area contributed by atoms with Crippen LogP contribution in [0.5, 0.6) is 5.75 Å². The normalized spacial score (nSPS) is 12.2. The zero-order valence-electron chi connectivity index (χ0n) is 19.3. The van der Waals surface area contributed by atoms with Crippen molar-refractivity contribution in [2.24, 2.45) is 0 Å². The number of rotatable bonds is 8. The Kier molecular flexibility index (Phi) is 7.22. The first kappa shape index (κ1) is 23.1. The highest BCUT2D eigenvalue weighted by Gasteiger charge is 2.20. The SMILES string of the molecule is CCCOc1c(-c2cccc3sc(/C(C)=C\C(=O)O)cc23)cc(C(C)C)cc1C(C)C. The second kappa shape index (κ2) is 9.69. The molecule has 0 saturated heterocycles. The Bertz CT molecular complexity index is 1120. The molecule has 0 spiro atoms. The van der Waals surface area contributed by atoms with E-state index >= 15 is 0 Å². The lowest BCUT2D eigenvalue weighted by molar-refractivity contribution is -0.131. The number of aliphatic carboxylic acids is 1. The summed E-state index contributed by atoms with van der Waals surface area (Å²) in [5, 5.41) is 10.3. The maximum atomic E-state index is 11.1. The third-order valence-corrected chi connectivity index (χ3v) is 6.70. The van der Waals surface area contributed by atoms with Crippen molar-refractivity contribution in [1.82, 2.24) is 0 Å². The first-order chi connectivity index (χ1) is 14.7. The molecular weight excluding hydrogens is 404 g/mol. The van der Waals surface area contributed by atoms with Crippen LogP contribution >= 0.6 is 11.3 Å². The molecule has 0 amide bonds. The summed E-state index contributed by atoms with van der Waals surface area (Å²) in [7, 11) is 0. The van der Waals surface area contributed by atoms with Crippen LogP contribution in [0.3, 0.4) is 0 Å². The van der Waals surface area contributed by atoms with Crippen LogP contribution in [0.4, 0.5) is 0 Å². The Balaban J connectivity index is 2.30. The smallest absolute Gasteiger partial charge is 0.328 e. The van der Waals surface area contributed by atoms with Gasteiger partial charge in [-0.05, 0) is 65.6 Å². The number of hydrogen-bond acceptors (Lipinski definition) is 3. The monoisotopic (exact) mass is 436 g/mol. The minimum atomic E-state index is -0.920. The molecule has 4 heteroatoms. The van der Waals surface area contributed by atoms with E-state index < -0.39 is 5.97 Å². The first-order valence-corrected chi connectivity index (χ1v) is 11.8. The van der Waals surface area contributed by atoms with Gasteiger partial charge >= 0.3 is 5.97 Å². The third-order valence-electron chi connectivity index (χ3n) is 5.46. The van der Waals surface area contributed by atoms with Crippen LogP contribution in [-0.4, -0.2) is 17.7 Å². The van der Waals surface area contributed by atoms with Gasteiger partial charge in [-0.3, -0.25) is 0 Å². The summed E-state index contributed by atoms with van der Waals surface area (Å²) < 4.78 is 7.48. The van der Waals surface area contributed by atoms with Gasteiger partial charge < -0.3 is 9.84 Å². The quantitative estimate of drug-likeness (QED) is 0.363. The zero-order valence-corrected chi connectivity index (χ0v) is 20.1. The van der Waals surface area contributed by atoms with Crippen molar-refractivity contribution in [1.29, 1.82) is 0 Å². The summed E-state index contributed by atoms with van der Waals surface area (Å²) in [5.41, 5.74) is 5.57. The lowest BCUT2D eigenvalue weighted by Crippen LogP contribution is -2.04. The third kappa shape index (κ3) is 5.01. The van der Waals surface area contributed by atoms with Crippen LogP contribution in [0.2, 0.25) is 0 Å². The average Bonchev–Trinajstić information content (AvgIpc) is 3.15. The minimum absolute atomic E-state index is 0.349. The van der Waals surface area contributed by atoms with Crippen molar-refractivity contribution in [2.75, 3.05) is 6.61 Å². The lowest BCUT2D eigenvalue weighted by atomic mass is 9.88. The number of carboxylic acid groups (broad SMARTS) is 1. The van der Waals surface area contributed by atoms with E-state index in [0.29, 0.717) is 18.4 Å². The summed E-state index contributed by atoms with van der Waals surface area (Å²) in [4.78, 5) is 12.1. The number of allylic oxidation sites excluding steroid dienone is 1. The van der Waals surface area contributed by atoms with E-state index in [1.807, 2.05) is 6.92 Å². The van der Waals surface area contributed by atoms with Gasteiger partial charge in [0, 0.05) is 26.6 Å². The van der Waals surface area contributed by atoms with Gasteiger partial charge in [0.1, 0.15) is 5.75 Å². The van der Waals surface area contributed by atoms with Crippen LogP contribution in [0.25, 0.3) is 26.8 Å². The lowest BCUT2D eigenvalue weighted by Gasteiger charge is -2.21. The Labute approximate surface area is 189 Å². The highest BCUT2D eigenvalue weighted by atomic mass is 32.1. The van der Waals surface area contributed by atoms with Gasteiger partial charge in [-0.25, -0.2) is 4.79 Å². The molecule has 3 aromatic rings. The molecule has 3 rings (SSSR count). The van der Waals surface area contributed by atoms with Gasteiger partial charge in [-0.15, -0.1) is 11.3 Å². The van der Waals surface area contributed by atoms with Crippen LogP contribution in [0.1, 0.15) is 75.8 Å². The number of thiophene rings is 1. The van der Waals surface area contributed by atoms with E-state index in [4.69, 9.17) is 9.84 Å². The second-order valence-electron chi connectivity index (χ2n) is 8.64. The van der Waals surface area contributed by atoms with Crippen molar-refractivity contribution in [3.05, 3.63) is 58.5 Å². The Morgan fingerprint density at radius 3 is 2.45 bits per heavy atom. The summed E-state index contributed by atoms with van der Waals surface area (Å²) in [6, 6.07) is 13.0. The fraction of sp³-hybridized carbons (Fsp3) is 0.370. The largest absolute Gasteiger partial charge is 0.493 e. The van der Waals surface area contributed by atoms with Crippen molar-refractivity contribution in [3.63, 3.8) is 0 Å². The Morgan fingerprint density at radius 2 is 1.84 bits per heavy atom. The predicted octanol–water partition coefficient (Wildman–Crippen LogP) is 8.09. The Hall–Kier alpha value is -2.59. The Morgan fingerprint density at radius 1 is 1.10 bits per heavy atom. The van der Waals surface area contributed by atoms with Gasteiger partial charge in [0.25, 0.3) is 0 Å². The van der Waals surface area contributed by atoms with Crippen LogP contribution in [0.15, 0.2) is 42.5 Å². The number of carboxylic acids is 1. The van der Waals surface area contributed by atoms with E-state index in [-0.39, 0.29) is 0 Å². The highest BCUT2D eigenvalue weighted by Crippen LogP contribution is 2.44. The van der Waals surface area contributed by atoms with E-state index in [2.05, 4.69) is 71.0 Å². The number of ether oxygens (including phenoxy) is 1. The summed E-state index contributed by atoms with van der Waals surface area (Å²) in [5.74, 6) is 0.813. The summed E-state index contributed by atoms with van der Waals surface area (Å²) in [6.45, 7) is 13.5. The zero-order chi connectivity index (χ0) is 22.7. The fourth-order valence-corrected chi connectivity index (χ4v) is 4.81. The second-order valence-corrected chi connectivity index (χ2v) is 9.72. The van der Waals surface area contributed by atoms with Gasteiger partial charge in [0.2, 0.25) is 0 Å². The number of carbonyl (C=O) groups is 1. The molecule has 0 fully saturated rings. The van der Waals surface area contributed by atoms with Crippen molar-refractivity contribution in [2.45, 2.75) is 59.8 Å². The van der Waals surface area contributed by atoms with E-state index in [1.54, 1.807) is 11.3 Å². The van der Waals surface area contributed by atoms with Gasteiger partial charge in [-0.1, -0.05) is 52.8 Å². The number of fused-ring (bicyclic) bond motifs is 1. The molecule has 0 aliphatic heterocycles. The maximum Gasteiger partial charge on any atom is 0.328 e. The molecular formula is C27H32O3S. The minimum Gasteiger partial charge on any atom is -0.493 e. The molecule has 1 N–H and O–H groups in total. The molecule has 31 heavy (non-hydrogen) atoms. The van der Waals surface area contributed by atoms with E-state index in [0.717, 1.165) is 43.8 Å². The molecule has 2 aromatic carbocycles. The fourth-order valence-electron chi connectivity index (χ4n) is 3.75. The van der Waals surface area contributed by atoms with Gasteiger partial charge in [-0.2, -0.15) is 0 Å². The molecule has 0 aliphatic carbocycles. The van der Waals surface area contributed by atoms with Gasteiger partial charge in [0.15, 0.2) is 0 Å². The molecule has 1 aromatic heterocycles. The molecule has 0 atom stereocenters. The molecule has 164 valence electrons. The first-order valence-electron chi connectivity index (χ1n) is 11.0. The molecule has 0 aliphatic rings. The topological polar surface area (TPSA) is 46.5 Å². The standard InChI is InChI=1S/C27H32O3S/c1-7-11-30-27-21(17(4)5)13-19(16(2)3)14-23(27)20-9-8-10-24-22(20)15-25(31-24)18(6)12-26(28)29/h8-10,12-17H,7,11H2,1-6H3,(H,28,29)/b18-12-. The molecule has 0 unspecified atom stereocenters. The van der Waals surface area contributed by atoms with Crippen LogP contribution in [-0.2, 0) is 4.79 Å². The highest BCUT2D eigenvalue weighted by molar-refractivity contribution is 7.20. The molecule has 1 heterocycles. The maximum absolute atomic E-state index is 11.1. The number of hydrogen-bond donors (Lipinski definition) is 1. The molecule has 0 bridgehead atoms. The molecule has 0 radical (unpaired) electrons. The van der Waals surface area contributed by atoms with Crippen molar-refractivity contribution < 1.29 is 14.6 Å².